The van der Waals surface area contributed by atoms with Crippen LogP contribution in [0.15, 0.2) is 186 Å². The Labute approximate surface area is 283 Å². The maximum atomic E-state index is 6.42. The van der Waals surface area contributed by atoms with E-state index in [9.17, 15) is 0 Å². The molecule has 0 saturated carbocycles. The zero-order valence-electron chi connectivity index (χ0n) is 26.6. The van der Waals surface area contributed by atoms with Gasteiger partial charge in [0.25, 0.3) is 0 Å². The van der Waals surface area contributed by atoms with Crippen LogP contribution in [0.3, 0.4) is 0 Å². The number of benzene rings is 8. The van der Waals surface area contributed by atoms with Gasteiger partial charge in [-0.05, 0) is 59.5 Å². The highest BCUT2D eigenvalue weighted by Gasteiger charge is 2.22. The Balaban J connectivity index is 1.20. The normalized spacial score (nSPS) is 11.7. The summed E-state index contributed by atoms with van der Waals surface area (Å²) < 4.78 is 8.83. The van der Waals surface area contributed by atoms with Crippen LogP contribution in [-0.2, 0) is 0 Å². The molecule has 0 aliphatic rings. The molecule has 0 fully saturated rings. The second kappa shape index (κ2) is 11.0. The van der Waals surface area contributed by atoms with Gasteiger partial charge in [-0.2, -0.15) is 0 Å². The summed E-state index contributed by atoms with van der Waals surface area (Å²) in [4.78, 5) is 2.41. The predicted octanol–water partition coefficient (Wildman–Crippen LogP) is 13.0. The number of hydrogen-bond donors (Lipinski definition) is 0. The van der Waals surface area contributed by atoms with Crippen molar-refractivity contribution in [1.82, 2.24) is 4.57 Å². The van der Waals surface area contributed by atoms with E-state index in [1.807, 2.05) is 12.1 Å². The highest BCUT2D eigenvalue weighted by Crippen LogP contribution is 2.44. The molecular formula is C46H30N2O. The van der Waals surface area contributed by atoms with E-state index < -0.39 is 0 Å². The van der Waals surface area contributed by atoms with Gasteiger partial charge in [0.05, 0.1) is 28.1 Å². The van der Waals surface area contributed by atoms with Crippen LogP contribution in [0.5, 0.6) is 0 Å². The molecule has 0 unspecified atom stereocenters. The summed E-state index contributed by atoms with van der Waals surface area (Å²) in [5, 5.41) is 7.16. The Morgan fingerprint density at radius 2 is 0.980 bits per heavy atom. The Kier molecular flexibility index (Phi) is 6.18. The van der Waals surface area contributed by atoms with Crippen LogP contribution in [0.4, 0.5) is 17.1 Å². The molecule has 0 amide bonds. The molecule has 0 aliphatic carbocycles. The van der Waals surface area contributed by atoms with Crippen molar-refractivity contribution in [3.8, 4) is 16.8 Å². The number of furan rings is 1. The summed E-state index contributed by atoms with van der Waals surface area (Å²) in [5.41, 5.74) is 10.8. The lowest BCUT2D eigenvalue weighted by Gasteiger charge is -2.29. The number of rotatable bonds is 5. The van der Waals surface area contributed by atoms with Gasteiger partial charge in [0, 0.05) is 38.2 Å². The second-order valence-corrected chi connectivity index (χ2v) is 12.5. The maximum absolute atomic E-state index is 6.42. The van der Waals surface area contributed by atoms with Crippen molar-refractivity contribution in [2.24, 2.45) is 0 Å². The number of nitrogens with zero attached hydrogens (tertiary/aromatic N) is 2. The topological polar surface area (TPSA) is 21.3 Å². The summed E-state index contributed by atoms with van der Waals surface area (Å²) in [7, 11) is 0. The van der Waals surface area contributed by atoms with Gasteiger partial charge in [0.1, 0.15) is 11.2 Å². The van der Waals surface area contributed by atoms with Gasteiger partial charge >= 0.3 is 0 Å². The molecule has 2 heterocycles. The zero-order chi connectivity index (χ0) is 32.3. The van der Waals surface area contributed by atoms with Crippen LogP contribution >= 0.6 is 0 Å². The first-order valence-corrected chi connectivity index (χ1v) is 16.7. The summed E-state index contributed by atoms with van der Waals surface area (Å²) in [6, 6.07) is 65.0. The minimum Gasteiger partial charge on any atom is -0.455 e. The van der Waals surface area contributed by atoms with Gasteiger partial charge < -0.3 is 13.9 Å². The summed E-state index contributed by atoms with van der Waals surface area (Å²) in [6.45, 7) is 0. The molecule has 0 N–H and O–H groups in total. The fraction of sp³-hybridized carbons (Fsp3) is 0. The van der Waals surface area contributed by atoms with Crippen LogP contribution in [0.2, 0.25) is 0 Å². The molecule has 0 saturated heterocycles. The molecule has 10 aromatic rings. The van der Waals surface area contributed by atoms with E-state index in [0.717, 1.165) is 55.8 Å². The average molecular weight is 627 g/mol. The lowest BCUT2D eigenvalue weighted by atomic mass is 10.0. The molecule has 3 heteroatoms. The first-order valence-electron chi connectivity index (χ1n) is 16.7. The number of para-hydroxylation sites is 6. The lowest BCUT2D eigenvalue weighted by Crippen LogP contribution is -2.13. The van der Waals surface area contributed by atoms with E-state index in [-0.39, 0.29) is 0 Å². The van der Waals surface area contributed by atoms with Gasteiger partial charge in [0.15, 0.2) is 0 Å². The SMILES string of the molecule is c1ccc(-n2c3ccccc3c3ccccc32)c(N(c2ccc(-c3cccc4c3oc3ccccc34)cc2)c2cccc3ccccc23)c1. The Bertz CT molecular complexity index is 2780. The number of aromatic nitrogens is 1. The quantitative estimate of drug-likeness (QED) is 0.190. The van der Waals surface area contributed by atoms with Crippen molar-refractivity contribution in [2.45, 2.75) is 0 Å². The molecule has 0 bridgehead atoms. The molecule has 8 aromatic carbocycles. The minimum atomic E-state index is 0.908. The van der Waals surface area contributed by atoms with E-state index in [1.54, 1.807) is 0 Å². The Morgan fingerprint density at radius 1 is 0.408 bits per heavy atom. The fourth-order valence-corrected chi connectivity index (χ4v) is 7.60. The predicted molar refractivity (Wildman–Crippen MR) is 206 cm³/mol. The van der Waals surface area contributed by atoms with E-state index in [4.69, 9.17) is 4.42 Å². The van der Waals surface area contributed by atoms with Crippen molar-refractivity contribution in [3.05, 3.63) is 182 Å². The second-order valence-electron chi connectivity index (χ2n) is 12.5. The molecule has 3 nitrogen and oxygen atoms in total. The molecule has 0 atom stereocenters. The first kappa shape index (κ1) is 27.5. The highest BCUT2D eigenvalue weighted by molar-refractivity contribution is 6.11. The van der Waals surface area contributed by atoms with Gasteiger partial charge in [-0.1, -0.05) is 133 Å². The molecule has 230 valence electrons. The summed E-state index contributed by atoms with van der Waals surface area (Å²) in [6.07, 6.45) is 0. The van der Waals surface area contributed by atoms with Crippen LogP contribution in [0.25, 0.3) is 71.3 Å². The maximum Gasteiger partial charge on any atom is 0.143 e. The first-order chi connectivity index (χ1) is 24.3. The Morgan fingerprint density at radius 3 is 1.78 bits per heavy atom. The van der Waals surface area contributed by atoms with Gasteiger partial charge in [0.2, 0.25) is 0 Å². The third kappa shape index (κ3) is 4.29. The van der Waals surface area contributed by atoms with Crippen molar-refractivity contribution >= 4 is 71.6 Å². The highest BCUT2D eigenvalue weighted by atomic mass is 16.3. The zero-order valence-corrected chi connectivity index (χ0v) is 26.6. The van der Waals surface area contributed by atoms with E-state index in [0.29, 0.717) is 0 Å². The number of anilines is 3. The monoisotopic (exact) mass is 626 g/mol. The van der Waals surface area contributed by atoms with Gasteiger partial charge in [-0.25, -0.2) is 0 Å². The van der Waals surface area contributed by atoms with E-state index in [2.05, 4.69) is 179 Å². The van der Waals surface area contributed by atoms with Crippen LogP contribution in [0.1, 0.15) is 0 Å². The molecule has 49 heavy (non-hydrogen) atoms. The summed E-state index contributed by atoms with van der Waals surface area (Å²) in [5.74, 6) is 0. The molecular weight excluding hydrogens is 597 g/mol. The van der Waals surface area contributed by atoms with E-state index >= 15 is 0 Å². The Hall–Kier alpha value is -6.58. The van der Waals surface area contributed by atoms with Crippen LogP contribution in [0, 0.1) is 0 Å². The van der Waals surface area contributed by atoms with Gasteiger partial charge in [-0.3, -0.25) is 0 Å². The average Bonchev–Trinajstić information content (AvgIpc) is 3.72. The third-order valence-corrected chi connectivity index (χ3v) is 9.79. The molecule has 0 radical (unpaired) electrons. The van der Waals surface area contributed by atoms with Crippen molar-refractivity contribution in [2.75, 3.05) is 4.90 Å². The number of fused-ring (bicyclic) bond motifs is 7. The lowest BCUT2D eigenvalue weighted by molar-refractivity contribution is 0.670. The molecule has 0 spiro atoms. The third-order valence-electron chi connectivity index (χ3n) is 9.79. The number of hydrogen-bond acceptors (Lipinski definition) is 2. The smallest absolute Gasteiger partial charge is 0.143 e. The van der Waals surface area contributed by atoms with Gasteiger partial charge in [-0.15, -0.1) is 0 Å². The standard InChI is InChI=1S/C46H30N2O/c1-2-15-34-31(13-1)14-11-25-40(34)47(33-29-27-32(28-30-33)35-19-12-20-39-38-18-5-10-26-45(38)49-46(35)39)43-23-8-9-24-44(43)48-41-21-6-3-16-36(41)37-17-4-7-22-42(37)48/h1-30H. The van der Waals surface area contributed by atoms with Crippen molar-refractivity contribution < 1.29 is 4.42 Å². The van der Waals surface area contributed by atoms with Crippen molar-refractivity contribution in [1.29, 1.82) is 0 Å². The molecule has 2 aromatic heterocycles. The molecule has 10 rings (SSSR count). The largest absolute Gasteiger partial charge is 0.455 e. The minimum absolute atomic E-state index is 0.908. The molecule has 0 aliphatic heterocycles. The van der Waals surface area contributed by atoms with E-state index in [1.165, 1.54) is 32.6 Å². The van der Waals surface area contributed by atoms with Crippen molar-refractivity contribution in [3.63, 3.8) is 0 Å². The summed E-state index contributed by atoms with van der Waals surface area (Å²) >= 11 is 0. The fourth-order valence-electron chi connectivity index (χ4n) is 7.60. The van der Waals surface area contributed by atoms with Crippen LogP contribution < -0.4 is 4.90 Å². The van der Waals surface area contributed by atoms with Crippen LogP contribution in [-0.4, -0.2) is 4.57 Å².